The van der Waals surface area contributed by atoms with Crippen LogP contribution in [-0.2, 0) is 0 Å². The molecule has 0 bridgehead atoms. The third kappa shape index (κ3) is 5.27. The molecule has 0 aromatic heterocycles. The van der Waals surface area contributed by atoms with Crippen LogP contribution in [0.15, 0.2) is 41.4 Å². The van der Waals surface area contributed by atoms with Crippen LogP contribution in [0.5, 0.6) is 23.0 Å². The lowest BCUT2D eigenvalue weighted by molar-refractivity contribution is 0.100. The monoisotopic (exact) mass is 508 g/mol. The fourth-order valence-electron chi connectivity index (χ4n) is 3.33. The van der Waals surface area contributed by atoms with Gasteiger partial charge in [-0.15, -0.1) is 17.0 Å². The van der Waals surface area contributed by atoms with Gasteiger partial charge in [0.2, 0.25) is 0 Å². The number of fused-ring (bicyclic) bond motifs is 1. The van der Waals surface area contributed by atoms with Crippen LogP contribution in [0.25, 0.3) is 0 Å². The molecule has 0 saturated heterocycles. The molecule has 0 saturated carbocycles. The molecule has 0 aliphatic carbocycles. The number of halogens is 1. The number of hydrogen-bond acceptors (Lipinski definition) is 8. The third-order valence-corrected chi connectivity index (χ3v) is 5.95. The van der Waals surface area contributed by atoms with Gasteiger partial charge in [0.05, 0.1) is 26.5 Å². The maximum Gasteiger partial charge on any atom is 0.182 e. The van der Waals surface area contributed by atoms with Crippen LogP contribution < -0.4 is 23.8 Å². The topological polar surface area (TPSA) is 69.6 Å². The molecule has 0 N–H and O–H groups in total. The van der Waals surface area contributed by atoms with Gasteiger partial charge in [0.1, 0.15) is 24.7 Å². The highest BCUT2D eigenvalue weighted by molar-refractivity contribution is 8.93. The molecule has 0 fully saturated rings. The number of anilines is 1. The number of thioether (sulfide) groups is 1. The molecule has 7 nitrogen and oxygen atoms in total. The second-order valence-corrected chi connectivity index (χ2v) is 7.83. The molecule has 0 spiro atoms. The van der Waals surface area contributed by atoms with Crippen molar-refractivity contribution in [1.29, 1.82) is 0 Å². The Morgan fingerprint density at radius 2 is 1.90 bits per heavy atom. The normalized spacial score (nSPS) is 14.7. The SMILES string of the molecule is Br.COc1ccc(OC)c(N(CC(=O)c2ccc3c(c2)OCCO3)C2=NCCCS2)c1. The summed E-state index contributed by atoms with van der Waals surface area (Å²) in [6.45, 7) is 1.85. The van der Waals surface area contributed by atoms with Crippen molar-refractivity contribution in [3.63, 3.8) is 0 Å². The molecule has 2 aromatic carbocycles. The van der Waals surface area contributed by atoms with E-state index < -0.39 is 0 Å². The second-order valence-electron chi connectivity index (χ2n) is 6.77. The van der Waals surface area contributed by atoms with Gasteiger partial charge in [0, 0.05) is 23.9 Å². The van der Waals surface area contributed by atoms with Crippen molar-refractivity contribution in [3.8, 4) is 23.0 Å². The summed E-state index contributed by atoms with van der Waals surface area (Å²) in [5.74, 6) is 3.51. The van der Waals surface area contributed by atoms with E-state index in [1.165, 1.54) is 0 Å². The number of rotatable bonds is 6. The zero-order valence-corrected chi connectivity index (χ0v) is 20.0. The van der Waals surface area contributed by atoms with E-state index in [9.17, 15) is 4.79 Å². The van der Waals surface area contributed by atoms with Crippen LogP contribution in [0.3, 0.4) is 0 Å². The molecule has 9 heteroatoms. The van der Waals surface area contributed by atoms with Crippen LogP contribution in [0.2, 0.25) is 0 Å². The highest BCUT2D eigenvalue weighted by Crippen LogP contribution is 2.36. The number of nitrogens with zero attached hydrogens (tertiary/aromatic N) is 2. The molecule has 166 valence electrons. The van der Waals surface area contributed by atoms with E-state index in [2.05, 4.69) is 4.99 Å². The summed E-state index contributed by atoms with van der Waals surface area (Å²) >= 11 is 1.64. The summed E-state index contributed by atoms with van der Waals surface area (Å²) in [4.78, 5) is 19.8. The number of ether oxygens (including phenoxy) is 4. The summed E-state index contributed by atoms with van der Waals surface area (Å²) in [6.07, 6.45) is 1.02. The van der Waals surface area contributed by atoms with E-state index in [0.717, 1.165) is 29.6 Å². The first-order valence-corrected chi connectivity index (χ1v) is 10.8. The number of ketones is 1. The number of carbonyl (C=O) groups excluding carboxylic acids is 1. The largest absolute Gasteiger partial charge is 0.497 e. The maximum absolute atomic E-state index is 13.2. The van der Waals surface area contributed by atoms with Gasteiger partial charge < -0.3 is 23.8 Å². The molecule has 0 atom stereocenters. The Kier molecular flexibility index (Phi) is 8.09. The average molecular weight is 509 g/mol. The highest BCUT2D eigenvalue weighted by Gasteiger charge is 2.25. The Bertz CT molecular complexity index is 969. The smallest absolute Gasteiger partial charge is 0.182 e. The highest BCUT2D eigenvalue weighted by atomic mass is 79.9. The zero-order valence-electron chi connectivity index (χ0n) is 17.5. The molecule has 4 rings (SSSR count). The first-order valence-electron chi connectivity index (χ1n) is 9.79. The predicted octanol–water partition coefficient (Wildman–Crippen LogP) is 4.24. The fraction of sp³-hybridized carbons (Fsp3) is 0.364. The minimum Gasteiger partial charge on any atom is -0.497 e. The molecule has 2 aliphatic heterocycles. The summed E-state index contributed by atoms with van der Waals surface area (Å²) in [5, 5.41) is 0.804. The molecule has 31 heavy (non-hydrogen) atoms. The van der Waals surface area contributed by atoms with Crippen molar-refractivity contribution >= 4 is 45.4 Å². The number of carbonyl (C=O) groups is 1. The summed E-state index contributed by atoms with van der Waals surface area (Å²) in [7, 11) is 3.23. The summed E-state index contributed by atoms with van der Waals surface area (Å²) < 4.78 is 22.2. The van der Waals surface area contributed by atoms with Gasteiger partial charge in [-0.2, -0.15) is 0 Å². The zero-order chi connectivity index (χ0) is 20.9. The van der Waals surface area contributed by atoms with Crippen LogP contribution in [0, 0.1) is 0 Å². The van der Waals surface area contributed by atoms with E-state index in [-0.39, 0.29) is 29.3 Å². The lowest BCUT2D eigenvalue weighted by Crippen LogP contribution is -2.36. The summed E-state index contributed by atoms with van der Waals surface area (Å²) in [6, 6.07) is 10.8. The Balaban J connectivity index is 0.00000272. The first-order chi connectivity index (χ1) is 14.7. The predicted molar refractivity (Wildman–Crippen MR) is 128 cm³/mol. The van der Waals surface area contributed by atoms with Gasteiger partial charge in [-0.3, -0.25) is 9.79 Å². The minimum absolute atomic E-state index is 0. The Morgan fingerprint density at radius 1 is 1.10 bits per heavy atom. The quantitative estimate of drug-likeness (QED) is 0.540. The molecule has 2 aromatic rings. The Hall–Kier alpha value is -2.39. The molecular weight excluding hydrogens is 484 g/mol. The molecule has 2 aliphatic rings. The van der Waals surface area contributed by atoms with Crippen LogP contribution in [0.1, 0.15) is 16.8 Å². The molecule has 0 unspecified atom stereocenters. The third-order valence-electron chi connectivity index (χ3n) is 4.85. The van der Waals surface area contributed by atoms with Crippen molar-refractivity contribution in [2.45, 2.75) is 6.42 Å². The number of benzene rings is 2. The lowest BCUT2D eigenvalue weighted by atomic mass is 10.1. The Labute approximate surface area is 196 Å². The number of methoxy groups -OCH3 is 2. The number of hydrogen-bond donors (Lipinski definition) is 0. The van der Waals surface area contributed by atoms with Crippen molar-refractivity contribution in [3.05, 3.63) is 42.0 Å². The van der Waals surface area contributed by atoms with Gasteiger partial charge in [-0.25, -0.2) is 0 Å². The standard InChI is InChI=1S/C22H24N2O5S.BrH/c1-26-16-5-7-19(27-2)17(13-16)24(22-23-8-3-11-30-22)14-18(25)15-4-6-20-21(12-15)29-10-9-28-20;/h4-7,12-13H,3,8-11,14H2,1-2H3;1H. The van der Waals surface area contributed by atoms with Crippen molar-refractivity contribution in [2.75, 3.05) is 51.2 Å². The van der Waals surface area contributed by atoms with Crippen molar-refractivity contribution in [2.24, 2.45) is 4.99 Å². The van der Waals surface area contributed by atoms with E-state index in [4.69, 9.17) is 18.9 Å². The van der Waals surface area contributed by atoms with Crippen molar-refractivity contribution < 1.29 is 23.7 Å². The van der Waals surface area contributed by atoms with Gasteiger partial charge in [-0.1, -0.05) is 11.8 Å². The summed E-state index contributed by atoms with van der Waals surface area (Å²) in [5.41, 5.74) is 1.31. The van der Waals surface area contributed by atoms with Crippen LogP contribution >= 0.6 is 28.7 Å². The van der Waals surface area contributed by atoms with Gasteiger partial charge in [0.15, 0.2) is 22.4 Å². The van der Waals surface area contributed by atoms with E-state index in [1.807, 2.05) is 23.1 Å². The first kappa shape index (κ1) is 23.3. The van der Waals surface area contributed by atoms with Gasteiger partial charge >= 0.3 is 0 Å². The lowest BCUT2D eigenvalue weighted by Gasteiger charge is -2.28. The molecule has 0 amide bonds. The molecule has 2 heterocycles. The van der Waals surface area contributed by atoms with Crippen LogP contribution in [0.4, 0.5) is 5.69 Å². The number of Topliss-reactive ketones (excluding diaryl/α,β-unsaturated/α-hetero) is 1. The maximum atomic E-state index is 13.2. The van der Waals surface area contributed by atoms with Gasteiger partial charge in [-0.05, 0) is 36.8 Å². The second kappa shape index (κ2) is 10.8. The van der Waals surface area contributed by atoms with E-state index in [1.54, 1.807) is 44.2 Å². The number of amidine groups is 1. The molecule has 0 radical (unpaired) electrons. The number of aliphatic imine (C=N–C) groups is 1. The van der Waals surface area contributed by atoms with E-state index in [0.29, 0.717) is 41.8 Å². The fourth-order valence-corrected chi connectivity index (χ4v) is 4.28. The van der Waals surface area contributed by atoms with Gasteiger partial charge in [0.25, 0.3) is 0 Å². The molecular formula is C22H25BrN2O5S. The Morgan fingerprint density at radius 3 is 2.61 bits per heavy atom. The van der Waals surface area contributed by atoms with E-state index >= 15 is 0 Å². The average Bonchev–Trinajstić information content (AvgIpc) is 2.82. The van der Waals surface area contributed by atoms with Crippen molar-refractivity contribution in [1.82, 2.24) is 0 Å². The van der Waals surface area contributed by atoms with Crippen LogP contribution in [-0.4, -0.2) is 57.2 Å². The minimum atomic E-state index is -0.0503.